The topological polar surface area (TPSA) is 108 Å². The molecule has 7 nitrogen and oxygen atoms in total. The molecule has 0 saturated carbocycles. The number of hydrogen-bond donors (Lipinski definition) is 3. The normalized spacial score (nSPS) is 11.9. The third-order valence-electron chi connectivity index (χ3n) is 3.86. The fourth-order valence-corrected chi connectivity index (χ4v) is 3.39. The molecule has 0 aliphatic carbocycles. The van der Waals surface area contributed by atoms with Crippen LogP contribution in [0.15, 0.2) is 29.6 Å². The summed E-state index contributed by atoms with van der Waals surface area (Å²) in [6.07, 6.45) is 0.320. The number of rotatable bonds is 8. The molecular weight excluding hydrogens is 366 g/mol. The number of nitrogens with one attached hydrogen (secondary N) is 2. The summed E-state index contributed by atoms with van der Waals surface area (Å²) in [7, 11) is 0. The van der Waals surface area contributed by atoms with E-state index in [9.17, 15) is 14.4 Å². The van der Waals surface area contributed by atoms with Crippen LogP contribution >= 0.6 is 11.3 Å². The third-order valence-corrected chi connectivity index (χ3v) is 4.74. The molecule has 0 bridgehead atoms. The first kappa shape index (κ1) is 20.6. The lowest BCUT2D eigenvalue weighted by Gasteiger charge is -2.16. The number of nitrogens with zero attached hydrogens (tertiary/aromatic N) is 1. The van der Waals surface area contributed by atoms with E-state index in [1.165, 1.54) is 11.3 Å². The van der Waals surface area contributed by atoms with Gasteiger partial charge in [-0.15, -0.1) is 11.3 Å². The van der Waals surface area contributed by atoms with Crippen molar-refractivity contribution >= 4 is 29.1 Å². The molecule has 1 aromatic carbocycles. The summed E-state index contributed by atoms with van der Waals surface area (Å²) in [5.41, 5.74) is 2.24. The van der Waals surface area contributed by atoms with Crippen LogP contribution in [0.5, 0.6) is 0 Å². The van der Waals surface area contributed by atoms with Gasteiger partial charge in [-0.2, -0.15) is 0 Å². The van der Waals surface area contributed by atoms with Gasteiger partial charge in [0, 0.05) is 10.9 Å². The Balaban J connectivity index is 1.93. The van der Waals surface area contributed by atoms with Crippen molar-refractivity contribution in [2.45, 2.75) is 33.2 Å². The van der Waals surface area contributed by atoms with Crippen LogP contribution in [0.1, 0.15) is 36.3 Å². The van der Waals surface area contributed by atoms with Crippen molar-refractivity contribution in [2.24, 2.45) is 5.92 Å². The molecule has 0 saturated heterocycles. The first-order valence-corrected chi connectivity index (χ1v) is 9.47. The molecule has 8 heteroatoms. The van der Waals surface area contributed by atoms with Gasteiger partial charge in [0.25, 0.3) is 5.91 Å². The molecule has 3 N–H and O–H groups in total. The van der Waals surface area contributed by atoms with Crippen molar-refractivity contribution in [3.63, 3.8) is 0 Å². The van der Waals surface area contributed by atoms with E-state index >= 15 is 0 Å². The second-order valence-electron chi connectivity index (χ2n) is 6.62. The molecule has 0 aliphatic heterocycles. The van der Waals surface area contributed by atoms with E-state index < -0.39 is 23.8 Å². The zero-order chi connectivity index (χ0) is 20.0. The number of thiazole rings is 1. The minimum atomic E-state index is -1.09. The molecule has 27 heavy (non-hydrogen) atoms. The van der Waals surface area contributed by atoms with Gasteiger partial charge in [0.05, 0.1) is 6.54 Å². The highest BCUT2D eigenvalue weighted by atomic mass is 32.1. The summed E-state index contributed by atoms with van der Waals surface area (Å²) in [5.74, 6) is -2.00. The summed E-state index contributed by atoms with van der Waals surface area (Å²) in [5, 5.41) is 16.4. The number of carbonyl (C=O) groups is 3. The number of hydrogen-bond acceptors (Lipinski definition) is 5. The lowest BCUT2D eigenvalue weighted by atomic mass is 10.0. The van der Waals surface area contributed by atoms with Gasteiger partial charge in [-0.25, -0.2) is 9.78 Å². The predicted octanol–water partition coefficient (Wildman–Crippen LogP) is 2.46. The molecule has 1 heterocycles. The second-order valence-corrected chi connectivity index (χ2v) is 7.48. The number of carbonyl (C=O) groups excluding carboxylic acids is 2. The fourth-order valence-electron chi connectivity index (χ4n) is 2.50. The minimum Gasteiger partial charge on any atom is -0.480 e. The van der Waals surface area contributed by atoms with Crippen LogP contribution in [-0.2, 0) is 9.59 Å². The van der Waals surface area contributed by atoms with Gasteiger partial charge in [-0.1, -0.05) is 38.1 Å². The van der Waals surface area contributed by atoms with Gasteiger partial charge in [-0.05, 0) is 24.8 Å². The van der Waals surface area contributed by atoms with Crippen LogP contribution in [0, 0.1) is 12.8 Å². The summed E-state index contributed by atoms with van der Waals surface area (Å²) < 4.78 is 0. The van der Waals surface area contributed by atoms with E-state index in [0.717, 1.165) is 16.1 Å². The summed E-state index contributed by atoms with van der Waals surface area (Å²) in [6.45, 7) is 5.41. The van der Waals surface area contributed by atoms with Crippen molar-refractivity contribution < 1.29 is 19.5 Å². The first-order chi connectivity index (χ1) is 12.8. The average molecular weight is 389 g/mol. The highest BCUT2D eigenvalue weighted by Gasteiger charge is 2.21. The number of aliphatic carboxylic acids is 1. The molecule has 144 valence electrons. The Bertz CT molecular complexity index is 832. The number of aryl methyl sites for hydroxylation is 1. The SMILES string of the molecule is Cc1ccccc1-c1nc(C(=O)NCC(=O)N[C@@H](CC(C)C)C(=O)O)cs1. The van der Waals surface area contributed by atoms with Crippen molar-refractivity contribution in [3.05, 3.63) is 40.9 Å². The summed E-state index contributed by atoms with van der Waals surface area (Å²) >= 11 is 1.35. The maximum atomic E-state index is 12.2. The monoisotopic (exact) mass is 389 g/mol. The van der Waals surface area contributed by atoms with E-state index in [2.05, 4.69) is 15.6 Å². The van der Waals surface area contributed by atoms with Crippen LogP contribution in [0.25, 0.3) is 10.6 Å². The highest BCUT2D eigenvalue weighted by Crippen LogP contribution is 2.26. The van der Waals surface area contributed by atoms with E-state index in [1.807, 2.05) is 45.0 Å². The van der Waals surface area contributed by atoms with Crippen LogP contribution in [-0.4, -0.2) is 40.5 Å². The highest BCUT2D eigenvalue weighted by molar-refractivity contribution is 7.13. The zero-order valence-corrected chi connectivity index (χ0v) is 16.3. The lowest BCUT2D eigenvalue weighted by Crippen LogP contribution is -2.46. The van der Waals surface area contributed by atoms with Crippen LogP contribution in [0.2, 0.25) is 0 Å². The van der Waals surface area contributed by atoms with Gasteiger partial charge in [-0.3, -0.25) is 9.59 Å². The third kappa shape index (κ3) is 5.89. The molecule has 2 rings (SSSR count). The predicted molar refractivity (Wildman–Crippen MR) is 104 cm³/mol. The molecule has 0 fully saturated rings. The number of carboxylic acids is 1. The molecule has 0 radical (unpaired) electrons. The van der Waals surface area contributed by atoms with Gasteiger partial charge >= 0.3 is 5.97 Å². The number of amides is 2. The molecule has 2 aromatic rings. The number of carboxylic acid groups (broad SMARTS) is 1. The Morgan fingerprint density at radius 1 is 1.22 bits per heavy atom. The van der Waals surface area contributed by atoms with Crippen molar-refractivity contribution in [1.82, 2.24) is 15.6 Å². The zero-order valence-electron chi connectivity index (χ0n) is 15.5. The molecule has 0 unspecified atom stereocenters. The standard InChI is InChI=1S/C19H23N3O4S/c1-11(2)8-14(19(25)26)21-16(23)9-20-17(24)15-10-27-18(22-15)13-7-5-4-6-12(13)3/h4-7,10-11,14H,8-9H2,1-3H3,(H,20,24)(H,21,23)(H,25,26)/t14-/m0/s1. The van der Waals surface area contributed by atoms with Gasteiger partial charge in [0.2, 0.25) is 5.91 Å². The van der Waals surface area contributed by atoms with Crippen LogP contribution < -0.4 is 10.6 Å². The average Bonchev–Trinajstić information content (AvgIpc) is 3.09. The summed E-state index contributed by atoms with van der Waals surface area (Å²) in [4.78, 5) is 39.7. The molecule has 2 amide bonds. The quantitative estimate of drug-likeness (QED) is 0.643. The Morgan fingerprint density at radius 2 is 1.93 bits per heavy atom. The largest absolute Gasteiger partial charge is 0.480 e. The van der Waals surface area contributed by atoms with Gasteiger partial charge < -0.3 is 15.7 Å². The van der Waals surface area contributed by atoms with Crippen LogP contribution in [0.3, 0.4) is 0 Å². The molecule has 0 spiro atoms. The lowest BCUT2D eigenvalue weighted by molar-refractivity contribution is -0.142. The maximum absolute atomic E-state index is 12.2. The Hall–Kier alpha value is -2.74. The van der Waals surface area contributed by atoms with Gasteiger partial charge in [0.1, 0.15) is 16.7 Å². The van der Waals surface area contributed by atoms with Crippen molar-refractivity contribution in [1.29, 1.82) is 0 Å². The fraction of sp³-hybridized carbons (Fsp3) is 0.368. The first-order valence-electron chi connectivity index (χ1n) is 8.59. The minimum absolute atomic E-state index is 0.121. The Kier molecular flexibility index (Phi) is 7.06. The van der Waals surface area contributed by atoms with Gasteiger partial charge in [0.15, 0.2) is 0 Å². The van der Waals surface area contributed by atoms with Crippen molar-refractivity contribution in [3.8, 4) is 10.6 Å². The smallest absolute Gasteiger partial charge is 0.326 e. The van der Waals surface area contributed by atoms with E-state index in [0.29, 0.717) is 6.42 Å². The molecular formula is C19H23N3O4S. The Labute approximate surface area is 161 Å². The van der Waals surface area contributed by atoms with E-state index in [-0.39, 0.29) is 18.2 Å². The maximum Gasteiger partial charge on any atom is 0.326 e. The van der Waals surface area contributed by atoms with E-state index in [4.69, 9.17) is 5.11 Å². The Morgan fingerprint density at radius 3 is 2.56 bits per heavy atom. The van der Waals surface area contributed by atoms with Crippen LogP contribution in [0.4, 0.5) is 0 Å². The summed E-state index contributed by atoms with van der Waals surface area (Å²) in [6, 6.07) is 6.77. The number of benzene rings is 1. The second kappa shape index (κ2) is 9.27. The molecule has 0 aliphatic rings. The molecule has 1 atom stereocenters. The molecule has 1 aromatic heterocycles. The van der Waals surface area contributed by atoms with E-state index in [1.54, 1.807) is 5.38 Å². The number of aromatic nitrogens is 1. The van der Waals surface area contributed by atoms with Crippen molar-refractivity contribution in [2.75, 3.05) is 6.54 Å².